The van der Waals surface area contributed by atoms with Crippen LogP contribution in [0.4, 0.5) is 4.39 Å². The van der Waals surface area contributed by atoms with Gasteiger partial charge in [-0.1, -0.05) is 41.4 Å². The maximum absolute atomic E-state index is 13.8. The second-order valence-corrected chi connectivity index (χ2v) is 10.9. The highest BCUT2D eigenvalue weighted by Crippen LogP contribution is 2.36. The number of nitrogens with one attached hydrogen (secondary N) is 1. The lowest BCUT2D eigenvalue weighted by Crippen LogP contribution is -2.37. The third-order valence-corrected chi connectivity index (χ3v) is 7.52. The molecule has 1 atom stereocenters. The van der Waals surface area contributed by atoms with Crippen molar-refractivity contribution in [3.63, 3.8) is 0 Å². The molecule has 9 nitrogen and oxygen atoms in total. The lowest BCUT2D eigenvalue weighted by molar-refractivity contribution is -0.133. The zero-order valence-corrected chi connectivity index (χ0v) is 24.6. The Bertz CT molecular complexity index is 1720. The molecule has 0 spiro atoms. The summed E-state index contributed by atoms with van der Waals surface area (Å²) in [7, 11) is 0. The molecular weight excluding hydrogens is 594 g/mol. The highest BCUT2D eigenvalue weighted by atomic mass is 35.5. The first-order chi connectivity index (χ1) is 20.6. The molecule has 1 aliphatic rings. The van der Waals surface area contributed by atoms with Crippen LogP contribution in [0.3, 0.4) is 0 Å². The first kappa shape index (κ1) is 29.9. The van der Waals surface area contributed by atoms with Crippen LogP contribution in [-0.2, 0) is 16.1 Å². The van der Waals surface area contributed by atoms with Crippen LogP contribution < -0.4 is 11.1 Å². The monoisotopic (exact) mass is 620 g/mol. The lowest BCUT2D eigenvalue weighted by atomic mass is 9.96. The van der Waals surface area contributed by atoms with E-state index in [0.29, 0.717) is 43.8 Å². The highest BCUT2D eigenvalue weighted by Gasteiger charge is 2.34. The first-order valence-electron chi connectivity index (χ1n) is 13.4. The summed E-state index contributed by atoms with van der Waals surface area (Å²) in [6.07, 6.45) is 3.23. The molecular formula is C31H27Cl2FN6O3. The zero-order chi connectivity index (χ0) is 30.7. The van der Waals surface area contributed by atoms with Gasteiger partial charge < -0.3 is 16.0 Å². The molecule has 220 valence electrons. The molecule has 0 unspecified atom stereocenters. The van der Waals surface area contributed by atoms with Gasteiger partial charge in [-0.2, -0.15) is 5.10 Å². The Labute approximate surface area is 257 Å². The number of hydrogen-bond acceptors (Lipinski definition) is 5. The largest absolute Gasteiger partial charge is 0.370 e. The molecule has 0 radical (unpaired) electrons. The Morgan fingerprint density at radius 2 is 1.84 bits per heavy atom. The van der Waals surface area contributed by atoms with E-state index in [1.165, 1.54) is 17.0 Å². The number of aromatic nitrogens is 3. The van der Waals surface area contributed by atoms with Crippen LogP contribution in [0.2, 0.25) is 10.0 Å². The number of hydrogen-bond donors (Lipinski definition) is 2. The molecule has 5 rings (SSSR count). The van der Waals surface area contributed by atoms with E-state index in [1.807, 2.05) is 6.07 Å². The van der Waals surface area contributed by atoms with E-state index in [1.54, 1.807) is 66.3 Å². The van der Waals surface area contributed by atoms with Crippen molar-refractivity contribution in [3.8, 4) is 5.69 Å². The maximum Gasteiger partial charge on any atom is 0.272 e. The van der Waals surface area contributed by atoms with Gasteiger partial charge in [0.2, 0.25) is 11.8 Å². The van der Waals surface area contributed by atoms with Crippen LogP contribution in [0.1, 0.15) is 58.8 Å². The molecule has 1 aliphatic heterocycles. The van der Waals surface area contributed by atoms with Crippen LogP contribution in [-0.4, -0.2) is 43.9 Å². The average molecular weight is 622 g/mol. The van der Waals surface area contributed by atoms with Crippen molar-refractivity contribution < 1.29 is 18.8 Å². The Kier molecular flexibility index (Phi) is 8.89. The van der Waals surface area contributed by atoms with Crippen molar-refractivity contribution in [1.29, 1.82) is 0 Å². The highest BCUT2D eigenvalue weighted by molar-refractivity contribution is 6.35. The van der Waals surface area contributed by atoms with Crippen molar-refractivity contribution in [2.45, 2.75) is 32.4 Å². The van der Waals surface area contributed by atoms with Crippen LogP contribution in [0.25, 0.3) is 17.3 Å². The van der Waals surface area contributed by atoms with Gasteiger partial charge in [0.1, 0.15) is 5.82 Å². The van der Waals surface area contributed by atoms with E-state index >= 15 is 0 Å². The van der Waals surface area contributed by atoms with Gasteiger partial charge in [0.25, 0.3) is 5.91 Å². The van der Waals surface area contributed by atoms with Gasteiger partial charge in [0.15, 0.2) is 5.69 Å². The summed E-state index contributed by atoms with van der Waals surface area (Å²) < 4.78 is 15.3. The van der Waals surface area contributed by atoms with Gasteiger partial charge in [0.05, 0.1) is 34.7 Å². The van der Waals surface area contributed by atoms with Gasteiger partial charge in [0, 0.05) is 36.2 Å². The van der Waals surface area contributed by atoms with Crippen molar-refractivity contribution in [3.05, 3.63) is 111 Å². The van der Waals surface area contributed by atoms with Gasteiger partial charge >= 0.3 is 0 Å². The number of benzene rings is 2. The number of carbonyl (C=O) groups excluding carboxylic acids is 3. The number of rotatable bonds is 8. The van der Waals surface area contributed by atoms with E-state index in [4.69, 9.17) is 34.0 Å². The molecule has 0 bridgehead atoms. The molecule has 3 amide bonds. The Balaban J connectivity index is 1.66. The smallest absolute Gasteiger partial charge is 0.272 e. The van der Waals surface area contributed by atoms with Crippen molar-refractivity contribution in [2.75, 3.05) is 6.54 Å². The number of pyridine rings is 1. The summed E-state index contributed by atoms with van der Waals surface area (Å²) in [6, 6.07) is 15.8. The second kappa shape index (κ2) is 12.8. The molecule has 0 saturated carbocycles. The minimum Gasteiger partial charge on any atom is -0.370 e. The van der Waals surface area contributed by atoms with Crippen LogP contribution in [0.5, 0.6) is 0 Å². The molecule has 0 fully saturated rings. The van der Waals surface area contributed by atoms with Gasteiger partial charge in [-0.3, -0.25) is 19.4 Å². The fourth-order valence-corrected chi connectivity index (χ4v) is 5.37. The predicted molar refractivity (Wildman–Crippen MR) is 162 cm³/mol. The normalized spacial score (nSPS) is 14.3. The molecule has 0 saturated heterocycles. The van der Waals surface area contributed by atoms with Crippen LogP contribution in [0.15, 0.2) is 66.9 Å². The topological polar surface area (TPSA) is 123 Å². The van der Waals surface area contributed by atoms with Gasteiger partial charge in [-0.05, 0) is 66.6 Å². The molecule has 0 aliphatic carbocycles. The minimum absolute atomic E-state index is 0.0413. The van der Waals surface area contributed by atoms with E-state index in [0.717, 1.165) is 0 Å². The van der Waals surface area contributed by atoms with Crippen LogP contribution >= 0.6 is 23.2 Å². The standard InChI is InChI=1S/C31H27Cl2FN6O3/c1-18(25-4-2-3-13-36-25)37-31(43)29-23-17-39(28(42)12-11-27(35)41)16-20(14-19-5-8-22(34)9-6-19)30(23)40(38-29)26-10-7-21(32)15-24(26)33/h2-10,13-15,18H,11-12,16-17H2,1H3,(H2,35,41)(H,37,43)/b20-14+/t18-/m1/s1. The molecule has 4 aromatic rings. The van der Waals surface area contributed by atoms with E-state index < -0.39 is 23.7 Å². The van der Waals surface area contributed by atoms with Crippen molar-refractivity contribution in [1.82, 2.24) is 25.0 Å². The first-order valence-corrected chi connectivity index (χ1v) is 14.2. The van der Waals surface area contributed by atoms with E-state index in [-0.39, 0.29) is 37.5 Å². The van der Waals surface area contributed by atoms with E-state index in [2.05, 4.69) is 10.3 Å². The number of halogens is 3. The third kappa shape index (κ3) is 6.76. The van der Waals surface area contributed by atoms with Crippen LogP contribution in [0, 0.1) is 5.82 Å². The van der Waals surface area contributed by atoms with Crippen molar-refractivity contribution in [2.24, 2.45) is 5.73 Å². The summed E-state index contributed by atoms with van der Waals surface area (Å²) in [5.74, 6) is -1.79. The van der Waals surface area contributed by atoms with Crippen molar-refractivity contribution >= 4 is 52.6 Å². The summed E-state index contributed by atoms with van der Waals surface area (Å²) in [6.45, 7) is 1.98. The summed E-state index contributed by atoms with van der Waals surface area (Å²) in [4.78, 5) is 44.3. The number of primary amides is 1. The molecule has 43 heavy (non-hydrogen) atoms. The minimum atomic E-state index is -0.595. The quantitative estimate of drug-likeness (QED) is 0.275. The summed E-state index contributed by atoms with van der Waals surface area (Å²) in [5, 5.41) is 8.39. The second-order valence-electron chi connectivity index (χ2n) is 10.1. The lowest BCUT2D eigenvalue weighted by Gasteiger charge is -2.30. The zero-order valence-electron chi connectivity index (χ0n) is 23.1. The Hall–Kier alpha value is -4.54. The fourth-order valence-electron chi connectivity index (χ4n) is 4.88. The Morgan fingerprint density at radius 1 is 1.07 bits per heavy atom. The average Bonchev–Trinajstić information content (AvgIpc) is 3.37. The Morgan fingerprint density at radius 3 is 2.51 bits per heavy atom. The summed E-state index contributed by atoms with van der Waals surface area (Å²) >= 11 is 12.8. The number of nitrogens with zero attached hydrogens (tertiary/aromatic N) is 4. The fraction of sp³-hybridized carbons (Fsp3) is 0.194. The molecule has 3 heterocycles. The summed E-state index contributed by atoms with van der Waals surface area (Å²) in [5.41, 5.74) is 8.83. The number of carbonyl (C=O) groups is 3. The number of nitrogens with two attached hydrogens (primary N) is 1. The molecule has 2 aromatic heterocycles. The SMILES string of the molecule is C[C@@H](NC(=O)c1nn(-c2ccc(Cl)cc2Cl)c2c1CN(C(=O)CCC(N)=O)C/C2=C\c1ccc(F)cc1)c1ccccn1. The molecule has 12 heteroatoms. The predicted octanol–water partition coefficient (Wildman–Crippen LogP) is 5.35. The maximum atomic E-state index is 13.8. The third-order valence-electron chi connectivity index (χ3n) is 6.98. The van der Waals surface area contributed by atoms with E-state index in [9.17, 15) is 18.8 Å². The molecule has 3 N–H and O–H groups in total. The molecule has 2 aromatic carbocycles. The van der Waals surface area contributed by atoms with Gasteiger partial charge in [-0.25, -0.2) is 9.07 Å². The number of amides is 3. The number of fused-ring (bicyclic) bond motifs is 1. The van der Waals surface area contributed by atoms with Gasteiger partial charge in [-0.15, -0.1) is 0 Å².